The Morgan fingerprint density at radius 2 is 1.93 bits per heavy atom. The number of nitrogens with one attached hydrogen (secondary N) is 1. The third-order valence-electron chi connectivity index (χ3n) is 5.15. The first-order valence-electron chi connectivity index (χ1n) is 10.2. The number of rotatable bonds is 9. The van der Waals surface area contributed by atoms with E-state index in [4.69, 9.17) is 9.84 Å². The molecule has 30 heavy (non-hydrogen) atoms. The van der Waals surface area contributed by atoms with Gasteiger partial charge in [-0.25, -0.2) is 4.68 Å². The summed E-state index contributed by atoms with van der Waals surface area (Å²) < 4.78 is 9.32. The zero-order chi connectivity index (χ0) is 20.8. The van der Waals surface area contributed by atoms with Crippen LogP contribution in [0.15, 0.2) is 79.3 Å². The van der Waals surface area contributed by atoms with Crippen LogP contribution < -0.4 is 10.1 Å². The third kappa shape index (κ3) is 4.78. The van der Waals surface area contributed by atoms with Gasteiger partial charge < -0.3 is 10.1 Å². The van der Waals surface area contributed by atoms with Crippen molar-refractivity contribution in [3.8, 4) is 22.7 Å². The molecule has 0 aliphatic carbocycles. The number of hydrogen-bond donors (Lipinski definition) is 1. The summed E-state index contributed by atoms with van der Waals surface area (Å²) >= 11 is 0. The van der Waals surface area contributed by atoms with Crippen molar-refractivity contribution in [2.24, 2.45) is 0 Å². The lowest BCUT2D eigenvalue weighted by Gasteiger charge is -2.14. The average molecular weight is 402 g/mol. The Morgan fingerprint density at radius 1 is 1.07 bits per heavy atom. The number of aryl methyl sites for hydroxylation is 1. The molecule has 6 heteroatoms. The van der Waals surface area contributed by atoms with E-state index in [0.29, 0.717) is 6.04 Å². The molecule has 1 atom stereocenters. The highest BCUT2D eigenvalue weighted by molar-refractivity contribution is 5.65. The van der Waals surface area contributed by atoms with Crippen LogP contribution in [0.2, 0.25) is 0 Å². The fourth-order valence-corrected chi connectivity index (χ4v) is 3.41. The van der Waals surface area contributed by atoms with Crippen molar-refractivity contribution >= 4 is 0 Å². The second-order valence-electron chi connectivity index (χ2n) is 7.35. The highest BCUT2D eigenvalue weighted by Gasteiger charge is 2.14. The smallest absolute Gasteiger partial charge is 0.119 e. The fraction of sp³-hybridized carbons (Fsp3) is 0.250. The number of para-hydroxylation sites is 1. The number of methoxy groups -OCH3 is 1. The van der Waals surface area contributed by atoms with E-state index >= 15 is 0 Å². The van der Waals surface area contributed by atoms with Crippen LogP contribution >= 0.6 is 0 Å². The molecule has 0 spiro atoms. The van der Waals surface area contributed by atoms with E-state index in [1.54, 1.807) is 7.11 Å². The van der Waals surface area contributed by atoms with E-state index < -0.39 is 0 Å². The van der Waals surface area contributed by atoms with Gasteiger partial charge in [-0.05, 0) is 43.7 Å². The standard InChI is InChI=1S/C24H27N5O/c1-19(12-15-28-14-7-13-26-28)25-17-21-18-29(22-9-4-3-5-10-22)27-24(21)20-8-6-11-23(16-20)30-2/h3-11,13-14,16,18-19,25H,12,15,17H2,1-2H3/t19-/m0/s1. The van der Waals surface area contributed by atoms with Gasteiger partial charge in [0.1, 0.15) is 5.75 Å². The third-order valence-corrected chi connectivity index (χ3v) is 5.15. The van der Waals surface area contributed by atoms with Crippen molar-refractivity contribution in [2.45, 2.75) is 32.5 Å². The van der Waals surface area contributed by atoms with Gasteiger partial charge >= 0.3 is 0 Å². The largest absolute Gasteiger partial charge is 0.497 e. The van der Waals surface area contributed by atoms with Crippen LogP contribution in [0.5, 0.6) is 5.75 Å². The second-order valence-corrected chi connectivity index (χ2v) is 7.35. The quantitative estimate of drug-likeness (QED) is 0.454. The zero-order valence-corrected chi connectivity index (χ0v) is 17.4. The summed E-state index contributed by atoms with van der Waals surface area (Å²) in [5, 5.41) is 12.8. The van der Waals surface area contributed by atoms with E-state index in [1.807, 2.05) is 64.2 Å². The topological polar surface area (TPSA) is 56.9 Å². The van der Waals surface area contributed by atoms with Crippen molar-refractivity contribution < 1.29 is 4.74 Å². The van der Waals surface area contributed by atoms with Crippen LogP contribution in [0.1, 0.15) is 18.9 Å². The van der Waals surface area contributed by atoms with Crippen molar-refractivity contribution in [2.75, 3.05) is 7.11 Å². The molecule has 0 saturated carbocycles. The minimum absolute atomic E-state index is 0.354. The molecule has 2 aromatic carbocycles. The molecule has 0 amide bonds. The predicted octanol–water partition coefficient (Wildman–Crippen LogP) is 4.31. The molecule has 4 aromatic rings. The minimum Gasteiger partial charge on any atom is -0.497 e. The second kappa shape index (κ2) is 9.41. The summed E-state index contributed by atoms with van der Waals surface area (Å²) in [4.78, 5) is 0. The van der Waals surface area contributed by atoms with Gasteiger partial charge in [0.2, 0.25) is 0 Å². The van der Waals surface area contributed by atoms with Crippen LogP contribution in [0.25, 0.3) is 16.9 Å². The molecule has 1 N–H and O–H groups in total. The molecule has 6 nitrogen and oxygen atoms in total. The van der Waals surface area contributed by atoms with E-state index in [2.05, 4.69) is 41.7 Å². The molecule has 0 radical (unpaired) electrons. The van der Waals surface area contributed by atoms with Gasteiger partial charge in [-0.15, -0.1) is 0 Å². The number of aromatic nitrogens is 4. The van der Waals surface area contributed by atoms with Crippen molar-refractivity contribution in [1.82, 2.24) is 24.9 Å². The Bertz CT molecular complexity index is 1060. The van der Waals surface area contributed by atoms with E-state index in [1.165, 1.54) is 0 Å². The molecule has 0 aliphatic heterocycles. The summed E-state index contributed by atoms with van der Waals surface area (Å²) in [6, 6.07) is 20.6. The zero-order valence-electron chi connectivity index (χ0n) is 17.4. The maximum absolute atomic E-state index is 5.41. The highest BCUT2D eigenvalue weighted by atomic mass is 16.5. The normalized spacial score (nSPS) is 12.1. The maximum Gasteiger partial charge on any atom is 0.119 e. The van der Waals surface area contributed by atoms with Gasteiger partial charge in [-0.3, -0.25) is 4.68 Å². The fourth-order valence-electron chi connectivity index (χ4n) is 3.41. The van der Waals surface area contributed by atoms with Gasteiger partial charge in [0, 0.05) is 48.8 Å². The Hall–Kier alpha value is -3.38. The van der Waals surface area contributed by atoms with Crippen LogP contribution in [0.3, 0.4) is 0 Å². The van der Waals surface area contributed by atoms with Gasteiger partial charge in [0.25, 0.3) is 0 Å². The molecule has 4 rings (SSSR count). The lowest BCUT2D eigenvalue weighted by Crippen LogP contribution is -2.27. The molecule has 2 heterocycles. The first-order chi connectivity index (χ1) is 14.7. The molecule has 0 bridgehead atoms. The molecule has 0 aliphatic rings. The van der Waals surface area contributed by atoms with E-state index in [9.17, 15) is 0 Å². The summed E-state index contributed by atoms with van der Waals surface area (Å²) in [5.74, 6) is 0.827. The molecule has 0 saturated heterocycles. The summed E-state index contributed by atoms with van der Waals surface area (Å²) in [5.41, 5.74) is 4.20. The Kier molecular flexibility index (Phi) is 6.25. The summed E-state index contributed by atoms with van der Waals surface area (Å²) in [6.07, 6.45) is 6.92. The molecule has 154 valence electrons. The number of hydrogen-bond acceptors (Lipinski definition) is 4. The monoisotopic (exact) mass is 401 g/mol. The van der Waals surface area contributed by atoms with Crippen LogP contribution in [0, 0.1) is 0 Å². The van der Waals surface area contributed by atoms with E-state index in [-0.39, 0.29) is 0 Å². The SMILES string of the molecule is COc1cccc(-c2nn(-c3ccccc3)cc2CN[C@@H](C)CCn2cccn2)c1. The average Bonchev–Trinajstić information content (AvgIpc) is 3.47. The van der Waals surface area contributed by atoms with Crippen LogP contribution in [-0.2, 0) is 13.1 Å². The molecular weight excluding hydrogens is 374 g/mol. The summed E-state index contributed by atoms with van der Waals surface area (Å²) in [7, 11) is 1.69. The van der Waals surface area contributed by atoms with Crippen molar-refractivity contribution in [3.05, 3.63) is 84.8 Å². The predicted molar refractivity (Wildman–Crippen MR) is 119 cm³/mol. The number of nitrogens with zero attached hydrogens (tertiary/aromatic N) is 4. The molecular formula is C24H27N5O. The first-order valence-corrected chi connectivity index (χ1v) is 10.2. The van der Waals surface area contributed by atoms with Crippen LogP contribution in [0.4, 0.5) is 0 Å². The van der Waals surface area contributed by atoms with Gasteiger partial charge in [-0.2, -0.15) is 10.2 Å². The first kappa shape index (κ1) is 19.9. The molecule has 0 fully saturated rings. The number of benzene rings is 2. The molecule has 2 aromatic heterocycles. The van der Waals surface area contributed by atoms with Crippen molar-refractivity contribution in [1.29, 1.82) is 0 Å². The number of ether oxygens (including phenoxy) is 1. The Labute approximate surface area is 177 Å². The minimum atomic E-state index is 0.354. The van der Waals surface area contributed by atoms with Gasteiger partial charge in [-0.1, -0.05) is 30.3 Å². The van der Waals surface area contributed by atoms with Gasteiger partial charge in [0.05, 0.1) is 18.5 Å². The Balaban J connectivity index is 1.54. The lowest BCUT2D eigenvalue weighted by atomic mass is 10.1. The van der Waals surface area contributed by atoms with Gasteiger partial charge in [0.15, 0.2) is 0 Å². The van der Waals surface area contributed by atoms with E-state index in [0.717, 1.165) is 47.8 Å². The lowest BCUT2D eigenvalue weighted by molar-refractivity contribution is 0.415. The van der Waals surface area contributed by atoms with Crippen LogP contribution in [-0.4, -0.2) is 32.7 Å². The molecule has 0 unspecified atom stereocenters. The highest BCUT2D eigenvalue weighted by Crippen LogP contribution is 2.27. The Morgan fingerprint density at radius 3 is 2.70 bits per heavy atom. The van der Waals surface area contributed by atoms with Crippen molar-refractivity contribution in [3.63, 3.8) is 0 Å². The summed E-state index contributed by atoms with van der Waals surface area (Å²) in [6.45, 7) is 3.84. The maximum atomic E-state index is 5.41.